The number of rotatable bonds is 4. The molecular weight excluding hydrogens is 234 g/mol. The lowest BCUT2D eigenvalue weighted by molar-refractivity contribution is 0.131. The Kier molecular flexibility index (Phi) is 3.60. The van der Waals surface area contributed by atoms with Gasteiger partial charge in [-0.1, -0.05) is 6.07 Å². The number of benzene rings is 1. The number of hydrogen-bond acceptors (Lipinski definition) is 3. The quantitative estimate of drug-likeness (QED) is 0.892. The fraction of sp³-hybridized carbons (Fsp3) is 0.462. The highest BCUT2D eigenvalue weighted by atomic mass is 16.7. The minimum atomic E-state index is -0.884. The molecule has 0 aliphatic carbocycles. The van der Waals surface area contributed by atoms with E-state index in [1.54, 1.807) is 0 Å². The molecule has 2 rings (SSSR count). The summed E-state index contributed by atoms with van der Waals surface area (Å²) in [4.78, 5) is 12.5. The molecule has 0 radical (unpaired) electrons. The largest absolute Gasteiger partial charge is 0.465 e. The van der Waals surface area contributed by atoms with Gasteiger partial charge in [-0.2, -0.15) is 0 Å². The summed E-state index contributed by atoms with van der Waals surface area (Å²) in [6, 6.07) is 5.66. The van der Waals surface area contributed by atoms with Gasteiger partial charge in [-0.15, -0.1) is 0 Å². The molecule has 0 aromatic heterocycles. The zero-order chi connectivity index (χ0) is 13.1. The molecule has 0 spiro atoms. The minimum absolute atomic E-state index is 0.0622. The number of carboxylic acid groups (broad SMARTS) is 1. The first-order valence-corrected chi connectivity index (χ1v) is 6.00. The summed E-state index contributed by atoms with van der Waals surface area (Å²) in [6.07, 6.45) is -0.220. The van der Waals surface area contributed by atoms with Crippen LogP contribution in [0.3, 0.4) is 0 Å². The van der Waals surface area contributed by atoms with Crippen molar-refractivity contribution in [2.45, 2.75) is 26.3 Å². The summed E-state index contributed by atoms with van der Waals surface area (Å²) in [5.41, 5.74) is 1.05. The van der Waals surface area contributed by atoms with Crippen molar-refractivity contribution in [3.8, 4) is 11.5 Å². The molecule has 0 saturated heterocycles. The van der Waals surface area contributed by atoms with Crippen LogP contribution in [-0.2, 0) is 6.42 Å². The summed E-state index contributed by atoms with van der Waals surface area (Å²) in [7, 11) is 0. The molecule has 1 N–H and O–H groups in total. The van der Waals surface area contributed by atoms with Crippen LogP contribution in [0.4, 0.5) is 4.79 Å². The van der Waals surface area contributed by atoms with E-state index in [-0.39, 0.29) is 12.8 Å². The molecule has 0 bridgehead atoms. The second kappa shape index (κ2) is 5.16. The van der Waals surface area contributed by atoms with E-state index in [4.69, 9.17) is 14.6 Å². The highest BCUT2D eigenvalue weighted by molar-refractivity contribution is 5.65. The molecule has 1 amide bonds. The van der Waals surface area contributed by atoms with E-state index in [0.717, 1.165) is 17.1 Å². The summed E-state index contributed by atoms with van der Waals surface area (Å²) in [6.45, 7) is 4.48. The summed E-state index contributed by atoms with van der Waals surface area (Å²) in [5, 5.41) is 9.06. The predicted molar refractivity (Wildman–Crippen MR) is 66.1 cm³/mol. The Hall–Kier alpha value is -1.91. The maximum atomic E-state index is 11.0. The van der Waals surface area contributed by atoms with Crippen LogP contribution in [0.25, 0.3) is 0 Å². The Morgan fingerprint density at radius 2 is 2.17 bits per heavy atom. The lowest BCUT2D eigenvalue weighted by Crippen LogP contribution is -2.38. The number of likely N-dealkylation sites (N-methyl/N-ethyl adjacent to an activating group) is 1. The van der Waals surface area contributed by atoms with Gasteiger partial charge in [0.15, 0.2) is 11.5 Å². The molecule has 1 aromatic carbocycles. The summed E-state index contributed by atoms with van der Waals surface area (Å²) < 4.78 is 10.5. The molecular formula is C13H17NO4. The fourth-order valence-electron chi connectivity index (χ4n) is 2.15. The van der Waals surface area contributed by atoms with E-state index in [2.05, 4.69) is 0 Å². The Labute approximate surface area is 106 Å². The van der Waals surface area contributed by atoms with Crippen LogP contribution in [0.5, 0.6) is 11.5 Å². The number of nitrogens with zero attached hydrogens (tertiary/aromatic N) is 1. The maximum absolute atomic E-state index is 11.0. The molecule has 0 fully saturated rings. The van der Waals surface area contributed by atoms with Crippen LogP contribution in [0.15, 0.2) is 18.2 Å². The van der Waals surface area contributed by atoms with E-state index >= 15 is 0 Å². The molecule has 1 unspecified atom stereocenters. The van der Waals surface area contributed by atoms with Crippen molar-refractivity contribution in [1.82, 2.24) is 4.90 Å². The molecule has 1 heterocycles. The topological polar surface area (TPSA) is 59.0 Å². The minimum Gasteiger partial charge on any atom is -0.465 e. The maximum Gasteiger partial charge on any atom is 0.407 e. The van der Waals surface area contributed by atoms with Crippen molar-refractivity contribution in [2.75, 3.05) is 13.3 Å². The van der Waals surface area contributed by atoms with Crippen LogP contribution in [0, 0.1) is 0 Å². The third-order valence-electron chi connectivity index (χ3n) is 3.09. The third kappa shape index (κ3) is 2.50. The second-order valence-electron chi connectivity index (χ2n) is 4.31. The molecule has 18 heavy (non-hydrogen) atoms. The smallest absolute Gasteiger partial charge is 0.407 e. The Balaban J connectivity index is 2.07. The highest BCUT2D eigenvalue weighted by Crippen LogP contribution is 2.32. The van der Waals surface area contributed by atoms with Gasteiger partial charge in [0.05, 0.1) is 0 Å². The van der Waals surface area contributed by atoms with Crippen molar-refractivity contribution in [2.24, 2.45) is 0 Å². The number of hydrogen-bond donors (Lipinski definition) is 1. The van der Waals surface area contributed by atoms with Crippen molar-refractivity contribution >= 4 is 6.09 Å². The molecule has 5 nitrogen and oxygen atoms in total. The average molecular weight is 251 g/mol. The van der Waals surface area contributed by atoms with E-state index < -0.39 is 6.09 Å². The van der Waals surface area contributed by atoms with Gasteiger partial charge < -0.3 is 19.5 Å². The van der Waals surface area contributed by atoms with Crippen LogP contribution >= 0.6 is 0 Å². The molecule has 1 aliphatic heterocycles. The van der Waals surface area contributed by atoms with Crippen LogP contribution in [0.1, 0.15) is 19.4 Å². The summed E-state index contributed by atoms with van der Waals surface area (Å²) in [5.74, 6) is 1.48. The van der Waals surface area contributed by atoms with Gasteiger partial charge in [0.1, 0.15) is 0 Å². The SMILES string of the molecule is CCN(C(=O)O)C(C)Cc1ccc2c(c1)OCO2. The van der Waals surface area contributed by atoms with Gasteiger partial charge in [-0.3, -0.25) is 0 Å². The van der Waals surface area contributed by atoms with Crippen LogP contribution in [-0.4, -0.2) is 35.5 Å². The van der Waals surface area contributed by atoms with Crippen LogP contribution < -0.4 is 9.47 Å². The standard InChI is InChI=1S/C13H17NO4/c1-3-14(13(15)16)9(2)6-10-4-5-11-12(7-10)18-8-17-11/h4-5,7,9H,3,6,8H2,1-2H3,(H,15,16). The van der Waals surface area contributed by atoms with Gasteiger partial charge in [-0.05, 0) is 38.0 Å². The van der Waals surface area contributed by atoms with Gasteiger partial charge in [0.25, 0.3) is 0 Å². The fourth-order valence-corrected chi connectivity index (χ4v) is 2.15. The number of ether oxygens (including phenoxy) is 2. The average Bonchev–Trinajstić information content (AvgIpc) is 2.76. The van der Waals surface area contributed by atoms with E-state index in [1.165, 1.54) is 4.90 Å². The molecule has 1 aromatic rings. The van der Waals surface area contributed by atoms with Gasteiger partial charge >= 0.3 is 6.09 Å². The highest BCUT2D eigenvalue weighted by Gasteiger charge is 2.19. The number of fused-ring (bicyclic) bond motifs is 1. The molecule has 1 aliphatic rings. The molecule has 1 atom stereocenters. The lowest BCUT2D eigenvalue weighted by atomic mass is 10.1. The van der Waals surface area contributed by atoms with E-state index in [9.17, 15) is 4.79 Å². The van der Waals surface area contributed by atoms with Crippen molar-refractivity contribution in [1.29, 1.82) is 0 Å². The van der Waals surface area contributed by atoms with Crippen molar-refractivity contribution in [3.05, 3.63) is 23.8 Å². The number of amides is 1. The summed E-state index contributed by atoms with van der Waals surface area (Å²) >= 11 is 0. The monoisotopic (exact) mass is 251 g/mol. The first-order valence-electron chi connectivity index (χ1n) is 6.00. The Morgan fingerprint density at radius 1 is 1.44 bits per heavy atom. The first-order chi connectivity index (χ1) is 8.61. The van der Waals surface area contributed by atoms with Gasteiger partial charge in [0, 0.05) is 12.6 Å². The van der Waals surface area contributed by atoms with Crippen molar-refractivity contribution < 1.29 is 19.4 Å². The third-order valence-corrected chi connectivity index (χ3v) is 3.09. The number of carbonyl (C=O) groups is 1. The first kappa shape index (κ1) is 12.5. The molecule has 0 saturated carbocycles. The van der Waals surface area contributed by atoms with Gasteiger partial charge in [-0.25, -0.2) is 4.79 Å². The zero-order valence-corrected chi connectivity index (χ0v) is 10.5. The predicted octanol–water partition coefficient (Wildman–Crippen LogP) is 2.35. The molecule has 5 heteroatoms. The van der Waals surface area contributed by atoms with Gasteiger partial charge in [0.2, 0.25) is 6.79 Å². The molecule has 98 valence electrons. The van der Waals surface area contributed by atoms with E-state index in [0.29, 0.717) is 13.0 Å². The van der Waals surface area contributed by atoms with Crippen LogP contribution in [0.2, 0.25) is 0 Å². The van der Waals surface area contributed by atoms with Crippen molar-refractivity contribution in [3.63, 3.8) is 0 Å². The van der Waals surface area contributed by atoms with E-state index in [1.807, 2.05) is 32.0 Å². The Morgan fingerprint density at radius 3 is 2.83 bits per heavy atom. The Bertz CT molecular complexity index is 447. The lowest BCUT2D eigenvalue weighted by Gasteiger charge is -2.25. The normalized spacial score (nSPS) is 14.3. The zero-order valence-electron chi connectivity index (χ0n) is 10.5. The second-order valence-corrected chi connectivity index (χ2v) is 4.31.